The normalized spacial score (nSPS) is 20.1. The van der Waals surface area contributed by atoms with E-state index in [2.05, 4.69) is 4.98 Å². The number of carbonyl (C=O) groups is 1. The summed E-state index contributed by atoms with van der Waals surface area (Å²) in [5.41, 5.74) is -1.37. The third-order valence-corrected chi connectivity index (χ3v) is 4.86. The average molecular weight is 419 g/mol. The first kappa shape index (κ1) is 21.0. The van der Waals surface area contributed by atoms with Crippen molar-refractivity contribution in [3.05, 3.63) is 41.6 Å². The van der Waals surface area contributed by atoms with Gasteiger partial charge >= 0.3 is 12.3 Å². The minimum Gasteiger partial charge on any atom is -0.465 e. The molecule has 3 rings (SSSR count). The highest BCUT2D eigenvalue weighted by Crippen LogP contribution is 2.36. The van der Waals surface area contributed by atoms with E-state index in [-0.39, 0.29) is 49.7 Å². The number of aromatic nitrogens is 2. The van der Waals surface area contributed by atoms with E-state index in [1.165, 1.54) is 10.8 Å². The molecular weight excluding hydrogens is 401 g/mol. The smallest absolute Gasteiger partial charge is 0.419 e. The van der Waals surface area contributed by atoms with Gasteiger partial charge in [0.05, 0.1) is 30.3 Å². The zero-order valence-corrected chi connectivity index (χ0v) is 15.0. The van der Waals surface area contributed by atoms with Gasteiger partial charge in [0.15, 0.2) is 0 Å². The van der Waals surface area contributed by atoms with Gasteiger partial charge in [0.2, 0.25) is 0 Å². The summed E-state index contributed by atoms with van der Waals surface area (Å²) in [6.45, 7) is -0.556. The molecule has 2 atom stereocenters. The minimum atomic E-state index is -4.88. The zero-order chi connectivity index (χ0) is 21.3. The lowest BCUT2D eigenvalue weighted by Gasteiger charge is -2.32. The lowest BCUT2D eigenvalue weighted by molar-refractivity contribution is -0.139. The number of carboxylic acid groups (broad SMARTS) is 1. The van der Waals surface area contributed by atoms with Crippen LogP contribution in [0.25, 0.3) is 11.3 Å². The first-order valence-corrected chi connectivity index (χ1v) is 8.78. The topological polar surface area (TPSA) is 78.6 Å². The number of likely N-dealkylation sites (tertiary alicyclic amines) is 1. The van der Waals surface area contributed by atoms with Crippen LogP contribution in [-0.2, 0) is 12.7 Å². The molecule has 1 aromatic heterocycles. The number of benzene rings is 1. The lowest BCUT2D eigenvalue weighted by Crippen LogP contribution is -2.44. The number of imidazole rings is 1. The van der Waals surface area contributed by atoms with Gasteiger partial charge in [-0.05, 0) is 24.6 Å². The van der Waals surface area contributed by atoms with Gasteiger partial charge in [-0.15, -0.1) is 0 Å². The van der Waals surface area contributed by atoms with Gasteiger partial charge in [-0.3, -0.25) is 0 Å². The van der Waals surface area contributed by atoms with Crippen molar-refractivity contribution in [3.8, 4) is 11.3 Å². The van der Waals surface area contributed by atoms with E-state index in [9.17, 15) is 31.9 Å². The van der Waals surface area contributed by atoms with Crippen LogP contribution in [0.5, 0.6) is 0 Å². The fourth-order valence-corrected chi connectivity index (χ4v) is 3.42. The SMILES string of the molecule is O=C(O)N1CC[C@H](c2nc(-c3ccc(F)c(C(F)(F)F)c3)cn2CCO)[C@H](F)C1. The highest BCUT2D eigenvalue weighted by atomic mass is 19.4. The number of aliphatic hydroxyl groups is 1. The Labute approximate surface area is 162 Å². The maximum absolute atomic E-state index is 14.6. The number of aliphatic hydroxyl groups excluding tert-OH is 1. The summed E-state index contributed by atoms with van der Waals surface area (Å²) in [6, 6.07) is 2.46. The van der Waals surface area contributed by atoms with Gasteiger partial charge in [0.1, 0.15) is 17.8 Å². The van der Waals surface area contributed by atoms with Crippen molar-refractivity contribution >= 4 is 6.09 Å². The maximum atomic E-state index is 14.6. The predicted octanol–water partition coefficient (Wildman–Crippen LogP) is 3.51. The van der Waals surface area contributed by atoms with Crippen LogP contribution >= 0.6 is 0 Å². The molecule has 2 heterocycles. The summed E-state index contributed by atoms with van der Waals surface area (Å²) < 4.78 is 68.6. The van der Waals surface area contributed by atoms with E-state index < -0.39 is 35.7 Å². The Bertz CT molecular complexity index is 899. The predicted molar refractivity (Wildman–Crippen MR) is 91.6 cm³/mol. The van der Waals surface area contributed by atoms with Crippen LogP contribution in [0.15, 0.2) is 24.4 Å². The molecule has 11 heteroatoms. The molecule has 2 aromatic rings. The summed E-state index contributed by atoms with van der Waals surface area (Å²) in [7, 11) is 0. The van der Waals surface area contributed by atoms with E-state index in [1.807, 2.05) is 0 Å². The summed E-state index contributed by atoms with van der Waals surface area (Å²) in [4.78, 5) is 16.2. The number of rotatable bonds is 4. The summed E-state index contributed by atoms with van der Waals surface area (Å²) in [5.74, 6) is -2.00. The summed E-state index contributed by atoms with van der Waals surface area (Å²) in [5, 5.41) is 18.3. The van der Waals surface area contributed by atoms with Gasteiger partial charge in [-0.25, -0.2) is 18.6 Å². The van der Waals surface area contributed by atoms with Crippen molar-refractivity contribution in [2.75, 3.05) is 19.7 Å². The molecule has 6 nitrogen and oxygen atoms in total. The summed E-state index contributed by atoms with van der Waals surface area (Å²) >= 11 is 0. The molecule has 1 aromatic carbocycles. The molecular formula is C18H18F5N3O3. The van der Waals surface area contributed by atoms with Gasteiger partial charge in [0, 0.05) is 24.8 Å². The fraction of sp³-hybridized carbons (Fsp3) is 0.444. The molecule has 29 heavy (non-hydrogen) atoms. The molecule has 0 radical (unpaired) electrons. The van der Waals surface area contributed by atoms with Crippen molar-refractivity contribution in [1.29, 1.82) is 0 Å². The maximum Gasteiger partial charge on any atom is 0.419 e. The van der Waals surface area contributed by atoms with Crippen LogP contribution in [0, 0.1) is 5.82 Å². The zero-order valence-electron chi connectivity index (χ0n) is 15.0. The quantitative estimate of drug-likeness (QED) is 0.744. The number of halogens is 5. The molecule has 2 N–H and O–H groups in total. The first-order chi connectivity index (χ1) is 13.6. The van der Waals surface area contributed by atoms with Gasteiger partial charge in [-0.1, -0.05) is 0 Å². The number of nitrogens with zero attached hydrogens (tertiary/aromatic N) is 3. The van der Waals surface area contributed by atoms with Crippen molar-refractivity contribution in [3.63, 3.8) is 0 Å². The number of alkyl halides is 4. The summed E-state index contributed by atoms with van der Waals surface area (Å²) in [6.07, 6.45) is -6.19. The third-order valence-electron chi connectivity index (χ3n) is 4.86. The number of piperidine rings is 1. The van der Waals surface area contributed by atoms with Crippen molar-refractivity contribution < 1.29 is 37.0 Å². The first-order valence-electron chi connectivity index (χ1n) is 8.78. The van der Waals surface area contributed by atoms with Gasteiger partial charge in [0.25, 0.3) is 0 Å². The highest BCUT2D eigenvalue weighted by Gasteiger charge is 2.36. The van der Waals surface area contributed by atoms with Crippen LogP contribution < -0.4 is 0 Å². The second kappa shape index (κ2) is 7.97. The molecule has 1 amide bonds. The van der Waals surface area contributed by atoms with Crippen LogP contribution in [-0.4, -0.2) is 56.6 Å². The van der Waals surface area contributed by atoms with Crippen molar-refractivity contribution in [2.45, 2.75) is 31.2 Å². The Hall–Kier alpha value is -2.69. The Morgan fingerprint density at radius 2 is 2.03 bits per heavy atom. The van der Waals surface area contributed by atoms with Crippen LogP contribution in [0.3, 0.4) is 0 Å². The molecule has 0 saturated carbocycles. The second-order valence-corrected chi connectivity index (χ2v) is 6.73. The molecule has 1 fully saturated rings. The Morgan fingerprint density at radius 1 is 1.31 bits per heavy atom. The highest BCUT2D eigenvalue weighted by molar-refractivity contribution is 5.65. The van der Waals surface area contributed by atoms with Crippen LogP contribution in [0.4, 0.5) is 26.7 Å². The second-order valence-electron chi connectivity index (χ2n) is 6.73. The molecule has 0 bridgehead atoms. The average Bonchev–Trinajstić information content (AvgIpc) is 3.05. The molecule has 158 valence electrons. The fourth-order valence-electron chi connectivity index (χ4n) is 3.42. The molecule has 1 aliphatic rings. The van der Waals surface area contributed by atoms with E-state index in [4.69, 9.17) is 5.11 Å². The molecule has 1 aliphatic heterocycles. The Kier molecular flexibility index (Phi) is 5.78. The number of amides is 1. The van der Waals surface area contributed by atoms with Crippen LogP contribution in [0.1, 0.15) is 23.7 Å². The van der Waals surface area contributed by atoms with E-state index in [0.29, 0.717) is 12.1 Å². The molecule has 0 unspecified atom stereocenters. The third kappa shape index (κ3) is 4.34. The number of hydrogen-bond acceptors (Lipinski definition) is 3. The van der Waals surface area contributed by atoms with Crippen molar-refractivity contribution in [2.24, 2.45) is 0 Å². The van der Waals surface area contributed by atoms with Crippen LogP contribution in [0.2, 0.25) is 0 Å². The van der Waals surface area contributed by atoms with E-state index >= 15 is 0 Å². The minimum absolute atomic E-state index is 0.00459. The van der Waals surface area contributed by atoms with Gasteiger partial charge in [-0.2, -0.15) is 13.2 Å². The van der Waals surface area contributed by atoms with E-state index in [1.54, 1.807) is 0 Å². The van der Waals surface area contributed by atoms with Crippen molar-refractivity contribution in [1.82, 2.24) is 14.5 Å². The van der Waals surface area contributed by atoms with E-state index in [0.717, 1.165) is 11.0 Å². The van der Waals surface area contributed by atoms with Gasteiger partial charge < -0.3 is 19.7 Å². The molecule has 1 saturated heterocycles. The largest absolute Gasteiger partial charge is 0.465 e. The Balaban J connectivity index is 1.97. The standard InChI is InChI=1S/C18H18F5N3O3/c19-13-2-1-10(7-12(13)18(21,22)23)15-9-25(5-6-27)16(24-15)11-3-4-26(17(28)29)8-14(11)20/h1-2,7,9,11,14,27H,3-6,8H2,(H,28,29)/t11-,14+/m0/s1. The number of hydrogen-bond donors (Lipinski definition) is 2. The molecule has 0 spiro atoms. The Morgan fingerprint density at radius 3 is 2.62 bits per heavy atom. The molecule has 0 aliphatic carbocycles. The monoisotopic (exact) mass is 419 g/mol. The lowest BCUT2D eigenvalue weighted by atomic mass is 9.94.